The molecular weight excluding hydrogens is 486 g/mol. The molecule has 1 fully saturated rings. The first-order chi connectivity index (χ1) is 18.2. The molecule has 1 saturated carbocycles. The highest BCUT2D eigenvalue weighted by Crippen LogP contribution is 2.42. The van der Waals surface area contributed by atoms with Crippen LogP contribution in [0.5, 0.6) is 11.5 Å². The number of nitrogens with one attached hydrogen (secondary N) is 1. The lowest BCUT2D eigenvalue weighted by Crippen LogP contribution is -2.51. The molecule has 2 N–H and O–H groups in total. The lowest BCUT2D eigenvalue weighted by molar-refractivity contribution is -0.137. The third-order valence-electron chi connectivity index (χ3n) is 7.10. The molecule has 3 aromatic rings. The third kappa shape index (κ3) is 5.46. The second-order valence-electron chi connectivity index (χ2n) is 9.78. The van der Waals surface area contributed by atoms with E-state index in [9.17, 15) is 19.5 Å². The molecule has 2 aromatic carbocycles. The molecule has 1 heterocycles. The van der Waals surface area contributed by atoms with Crippen molar-refractivity contribution in [1.29, 1.82) is 0 Å². The zero-order valence-electron chi connectivity index (χ0n) is 22.3. The van der Waals surface area contributed by atoms with Gasteiger partial charge < -0.3 is 29.4 Å². The van der Waals surface area contributed by atoms with Crippen LogP contribution in [0.1, 0.15) is 55.1 Å². The minimum absolute atomic E-state index is 0.0698. The second-order valence-corrected chi connectivity index (χ2v) is 9.78. The summed E-state index contributed by atoms with van der Waals surface area (Å²) >= 11 is 0. The van der Waals surface area contributed by atoms with Crippen LogP contribution in [0.4, 0.5) is 5.69 Å². The Kier molecular flexibility index (Phi) is 8.24. The van der Waals surface area contributed by atoms with Gasteiger partial charge in [0, 0.05) is 16.9 Å². The number of carbonyl (C=O) groups excluding carboxylic acids is 2. The van der Waals surface area contributed by atoms with Crippen LogP contribution < -0.4 is 19.7 Å². The van der Waals surface area contributed by atoms with Crippen LogP contribution in [0.15, 0.2) is 42.5 Å². The van der Waals surface area contributed by atoms with Crippen molar-refractivity contribution in [2.75, 3.05) is 19.1 Å². The Morgan fingerprint density at radius 1 is 1.05 bits per heavy atom. The van der Waals surface area contributed by atoms with Crippen molar-refractivity contribution >= 4 is 34.4 Å². The van der Waals surface area contributed by atoms with Crippen LogP contribution in [0.2, 0.25) is 0 Å². The Morgan fingerprint density at radius 2 is 1.68 bits per heavy atom. The van der Waals surface area contributed by atoms with E-state index < -0.39 is 17.9 Å². The Balaban J connectivity index is 1.69. The number of aryl methyl sites for hydroxylation is 1. The van der Waals surface area contributed by atoms with Crippen molar-refractivity contribution in [1.82, 2.24) is 9.88 Å². The fourth-order valence-corrected chi connectivity index (χ4v) is 5.32. The van der Waals surface area contributed by atoms with E-state index in [4.69, 9.17) is 9.47 Å². The molecule has 9 nitrogen and oxygen atoms in total. The number of nitrogens with zero attached hydrogens (tertiary/aromatic N) is 2. The van der Waals surface area contributed by atoms with Gasteiger partial charge in [-0.2, -0.15) is 0 Å². The van der Waals surface area contributed by atoms with Crippen LogP contribution in [-0.2, 0) is 16.1 Å². The molecule has 202 valence electrons. The number of aliphatic carboxylic acids is 1. The summed E-state index contributed by atoms with van der Waals surface area (Å²) in [6.07, 6.45) is 4.78. The largest absolute Gasteiger partial charge is 0.494 e. The van der Waals surface area contributed by atoms with Crippen molar-refractivity contribution < 1.29 is 29.0 Å². The van der Waals surface area contributed by atoms with E-state index in [1.807, 2.05) is 31.2 Å². The smallest absolute Gasteiger partial charge is 0.323 e. The normalized spacial score (nSPS) is 14.6. The van der Waals surface area contributed by atoms with Crippen molar-refractivity contribution in [2.45, 2.75) is 64.6 Å². The Morgan fingerprint density at radius 3 is 2.29 bits per heavy atom. The number of aromatic nitrogens is 1. The number of amides is 2. The van der Waals surface area contributed by atoms with E-state index in [0.29, 0.717) is 22.7 Å². The van der Waals surface area contributed by atoms with Crippen LogP contribution in [0.25, 0.3) is 10.9 Å². The number of hydrogen-bond acceptors (Lipinski definition) is 5. The number of anilines is 1. The summed E-state index contributed by atoms with van der Waals surface area (Å²) < 4.78 is 12.8. The summed E-state index contributed by atoms with van der Waals surface area (Å²) in [5.41, 5.74) is 2.31. The predicted molar refractivity (Wildman–Crippen MR) is 145 cm³/mol. The van der Waals surface area contributed by atoms with Gasteiger partial charge in [-0.05, 0) is 56.5 Å². The Hall–Kier alpha value is -4.01. The number of ether oxygens (including phenoxy) is 2. The highest BCUT2D eigenvalue weighted by Gasteiger charge is 2.35. The number of hydrogen-bond donors (Lipinski definition) is 2. The van der Waals surface area contributed by atoms with Gasteiger partial charge in [0.15, 0.2) is 0 Å². The molecule has 0 bridgehead atoms. The van der Waals surface area contributed by atoms with E-state index in [1.54, 1.807) is 44.2 Å². The first-order valence-corrected chi connectivity index (χ1v) is 12.9. The summed E-state index contributed by atoms with van der Waals surface area (Å²) in [6.45, 7) is 3.21. The number of benzene rings is 2. The van der Waals surface area contributed by atoms with Gasteiger partial charge in [-0.25, -0.2) is 0 Å². The Bertz CT molecular complexity index is 1320. The number of carboxylic acids is 1. The van der Waals surface area contributed by atoms with Gasteiger partial charge >= 0.3 is 5.97 Å². The van der Waals surface area contributed by atoms with Crippen LogP contribution in [0, 0.1) is 6.92 Å². The van der Waals surface area contributed by atoms with Crippen molar-refractivity contribution in [3.63, 3.8) is 0 Å². The quantitative estimate of drug-likeness (QED) is 0.428. The van der Waals surface area contributed by atoms with E-state index in [-0.39, 0.29) is 24.2 Å². The van der Waals surface area contributed by atoms with Gasteiger partial charge in [-0.15, -0.1) is 0 Å². The van der Waals surface area contributed by atoms with Crippen LogP contribution >= 0.6 is 0 Å². The molecule has 38 heavy (non-hydrogen) atoms. The van der Waals surface area contributed by atoms with Gasteiger partial charge in [-0.1, -0.05) is 37.5 Å². The molecule has 1 unspecified atom stereocenters. The highest BCUT2D eigenvalue weighted by molar-refractivity contribution is 6.05. The lowest BCUT2D eigenvalue weighted by Gasteiger charge is -2.37. The zero-order chi connectivity index (χ0) is 27.4. The van der Waals surface area contributed by atoms with Gasteiger partial charge in [0.25, 0.3) is 5.91 Å². The van der Waals surface area contributed by atoms with Crippen LogP contribution in [-0.4, -0.2) is 53.8 Å². The average Bonchev–Trinajstić information content (AvgIpc) is 3.27. The minimum Gasteiger partial charge on any atom is -0.494 e. The zero-order valence-corrected chi connectivity index (χ0v) is 22.3. The maximum atomic E-state index is 14.1. The number of carbonyl (C=O) groups is 3. The van der Waals surface area contributed by atoms with E-state index in [0.717, 1.165) is 43.1 Å². The molecule has 1 aliphatic rings. The van der Waals surface area contributed by atoms with Crippen LogP contribution in [0.3, 0.4) is 0 Å². The molecule has 9 heteroatoms. The highest BCUT2D eigenvalue weighted by atomic mass is 16.5. The van der Waals surface area contributed by atoms with Crippen molar-refractivity contribution in [3.8, 4) is 11.5 Å². The number of carboxylic acid groups (broad SMARTS) is 1. The fourth-order valence-electron chi connectivity index (χ4n) is 5.32. The molecule has 0 spiro atoms. The fraction of sp³-hybridized carbons (Fsp3) is 0.414. The molecule has 0 radical (unpaired) electrons. The topological polar surface area (TPSA) is 110 Å². The molecular formula is C29H35N3O6. The average molecular weight is 522 g/mol. The lowest BCUT2D eigenvalue weighted by atomic mass is 9.93. The van der Waals surface area contributed by atoms with E-state index >= 15 is 0 Å². The number of para-hydroxylation sites is 1. The maximum Gasteiger partial charge on any atom is 0.323 e. The van der Waals surface area contributed by atoms with E-state index in [1.165, 1.54) is 4.57 Å². The molecule has 1 atom stereocenters. The van der Waals surface area contributed by atoms with Crippen molar-refractivity contribution in [2.24, 2.45) is 0 Å². The first-order valence-electron chi connectivity index (χ1n) is 12.9. The predicted octanol–water partition coefficient (Wildman–Crippen LogP) is 4.54. The monoisotopic (exact) mass is 521 g/mol. The molecule has 4 rings (SSSR count). The number of methoxy groups -OCH3 is 2. The van der Waals surface area contributed by atoms with Crippen molar-refractivity contribution in [3.05, 3.63) is 53.7 Å². The van der Waals surface area contributed by atoms with Gasteiger partial charge in [0.2, 0.25) is 5.91 Å². The second kappa shape index (κ2) is 11.6. The van der Waals surface area contributed by atoms with Gasteiger partial charge in [0.1, 0.15) is 35.5 Å². The minimum atomic E-state index is -1.06. The molecule has 1 aliphatic carbocycles. The standard InChI is InChI=1S/C29H35N3O6/c1-18-14-24(37-3)27(25(15-18)38-4)32(21-11-6-5-7-12-21)29(36)19(2)30-28(35)23-16-20-10-8-9-13-22(20)31(23)17-26(33)34/h8-10,13-16,19,21H,5-7,11-12,17H2,1-4H3,(H,30,35)(H,33,34). The SMILES string of the molecule is COc1cc(C)cc(OC)c1N(C(=O)C(C)NC(=O)c1cc2ccccc2n1CC(=O)O)C1CCCCC1. The summed E-state index contributed by atoms with van der Waals surface area (Å²) in [5, 5.41) is 13.0. The van der Waals surface area contributed by atoms with Gasteiger partial charge in [0.05, 0.1) is 14.2 Å². The molecule has 0 saturated heterocycles. The summed E-state index contributed by atoms with van der Waals surface area (Å²) in [5.74, 6) is -0.810. The number of fused-ring (bicyclic) bond motifs is 1. The maximum absolute atomic E-state index is 14.1. The van der Waals surface area contributed by atoms with Gasteiger partial charge in [-0.3, -0.25) is 14.4 Å². The molecule has 1 aromatic heterocycles. The summed E-state index contributed by atoms with van der Waals surface area (Å²) in [4.78, 5) is 40.8. The summed E-state index contributed by atoms with van der Waals surface area (Å²) in [6, 6.07) is 11.6. The summed E-state index contributed by atoms with van der Waals surface area (Å²) in [7, 11) is 3.13. The Labute approximate surface area is 222 Å². The third-order valence-corrected chi connectivity index (χ3v) is 7.10. The van der Waals surface area contributed by atoms with E-state index in [2.05, 4.69) is 5.32 Å². The number of rotatable bonds is 9. The first kappa shape index (κ1) is 27.0. The molecule has 2 amide bonds. The molecule has 0 aliphatic heterocycles.